The van der Waals surface area contributed by atoms with Crippen LogP contribution in [0.3, 0.4) is 0 Å². The van der Waals surface area contributed by atoms with Crippen LogP contribution in [0.1, 0.15) is 24.5 Å². The zero-order valence-corrected chi connectivity index (χ0v) is 15.8. The van der Waals surface area contributed by atoms with Gasteiger partial charge in [0.1, 0.15) is 12.4 Å². The molecule has 2 aromatic carbocycles. The fourth-order valence-electron chi connectivity index (χ4n) is 2.21. The summed E-state index contributed by atoms with van der Waals surface area (Å²) in [7, 11) is 0. The molecule has 0 aromatic heterocycles. The van der Waals surface area contributed by atoms with E-state index in [1.165, 1.54) is 0 Å². The average molecular weight is 383 g/mol. The van der Waals surface area contributed by atoms with Gasteiger partial charge in [0.25, 0.3) is 0 Å². The van der Waals surface area contributed by atoms with Crippen LogP contribution >= 0.6 is 24.0 Å². The highest BCUT2D eigenvalue weighted by Gasteiger charge is 2.06. The first-order chi connectivity index (χ1) is 11.5. The molecule has 136 valence electrons. The number of rotatable bonds is 8. The van der Waals surface area contributed by atoms with Gasteiger partial charge in [-0.05, 0) is 37.1 Å². The summed E-state index contributed by atoms with van der Waals surface area (Å²) in [5, 5.41) is 3.55. The van der Waals surface area contributed by atoms with Crippen molar-refractivity contribution in [2.24, 2.45) is 5.73 Å². The Morgan fingerprint density at radius 3 is 2.72 bits per heavy atom. The van der Waals surface area contributed by atoms with Crippen molar-refractivity contribution in [2.45, 2.75) is 32.4 Å². The van der Waals surface area contributed by atoms with Gasteiger partial charge < -0.3 is 15.8 Å². The maximum atomic E-state index is 11.9. The van der Waals surface area contributed by atoms with Gasteiger partial charge in [-0.3, -0.25) is 4.79 Å². The van der Waals surface area contributed by atoms with Crippen LogP contribution in [0.5, 0.6) is 5.75 Å². The van der Waals surface area contributed by atoms with Crippen molar-refractivity contribution < 1.29 is 9.53 Å². The quantitative estimate of drug-likeness (QED) is 0.730. The van der Waals surface area contributed by atoms with E-state index in [9.17, 15) is 4.79 Å². The van der Waals surface area contributed by atoms with Crippen LogP contribution in [0.4, 0.5) is 0 Å². The molecule has 0 heterocycles. The predicted octanol–water partition coefficient (Wildman–Crippen LogP) is 3.74. The van der Waals surface area contributed by atoms with Crippen LogP contribution in [0.2, 0.25) is 5.02 Å². The largest absolute Gasteiger partial charge is 0.489 e. The first-order valence-corrected chi connectivity index (χ1v) is 8.40. The fourth-order valence-corrected chi connectivity index (χ4v) is 2.40. The van der Waals surface area contributed by atoms with E-state index in [4.69, 9.17) is 22.1 Å². The van der Waals surface area contributed by atoms with Gasteiger partial charge in [-0.25, -0.2) is 0 Å². The number of carbonyl (C=O) groups is 1. The summed E-state index contributed by atoms with van der Waals surface area (Å²) in [5.41, 5.74) is 7.50. The lowest BCUT2D eigenvalue weighted by Gasteiger charge is -2.10. The lowest BCUT2D eigenvalue weighted by Crippen LogP contribution is -2.29. The third-order valence-corrected chi connectivity index (χ3v) is 3.91. The SMILES string of the molecule is CC(N)CCNC(=O)Cc1cccc(OCc2ccccc2Cl)c1.Cl. The summed E-state index contributed by atoms with van der Waals surface area (Å²) in [5.74, 6) is 0.703. The Kier molecular flexibility index (Phi) is 9.35. The normalized spacial score (nSPS) is 11.3. The summed E-state index contributed by atoms with van der Waals surface area (Å²) in [4.78, 5) is 11.9. The highest BCUT2D eigenvalue weighted by atomic mass is 35.5. The first-order valence-electron chi connectivity index (χ1n) is 8.02. The van der Waals surface area contributed by atoms with Crippen LogP contribution in [-0.2, 0) is 17.8 Å². The molecule has 0 bridgehead atoms. The molecule has 0 spiro atoms. The Labute approximate surface area is 160 Å². The summed E-state index contributed by atoms with van der Waals surface area (Å²) >= 11 is 6.12. The fraction of sp³-hybridized carbons (Fsp3) is 0.316. The molecule has 2 rings (SSSR count). The van der Waals surface area contributed by atoms with Crippen LogP contribution in [0.15, 0.2) is 48.5 Å². The van der Waals surface area contributed by atoms with E-state index in [0.717, 1.165) is 23.3 Å². The summed E-state index contributed by atoms with van der Waals surface area (Å²) in [6, 6.07) is 15.2. The number of amides is 1. The van der Waals surface area contributed by atoms with Gasteiger partial charge in [0.2, 0.25) is 5.91 Å². The second-order valence-corrected chi connectivity index (χ2v) is 6.23. The van der Waals surface area contributed by atoms with Gasteiger partial charge in [0.05, 0.1) is 6.42 Å². The summed E-state index contributed by atoms with van der Waals surface area (Å²) in [6.45, 7) is 2.91. The van der Waals surface area contributed by atoms with Crippen molar-refractivity contribution in [3.63, 3.8) is 0 Å². The molecule has 1 amide bonds. The third kappa shape index (κ3) is 7.78. The monoisotopic (exact) mass is 382 g/mol. The van der Waals surface area contributed by atoms with Crippen molar-refractivity contribution in [3.05, 3.63) is 64.7 Å². The van der Waals surface area contributed by atoms with Gasteiger partial charge in [-0.1, -0.05) is 41.9 Å². The topological polar surface area (TPSA) is 64.3 Å². The zero-order chi connectivity index (χ0) is 17.4. The van der Waals surface area contributed by atoms with Crippen LogP contribution in [-0.4, -0.2) is 18.5 Å². The van der Waals surface area contributed by atoms with Crippen LogP contribution in [0.25, 0.3) is 0 Å². The molecule has 1 atom stereocenters. The van der Waals surface area contributed by atoms with Crippen molar-refractivity contribution >= 4 is 29.9 Å². The molecule has 0 radical (unpaired) electrons. The molecular formula is C19H24Cl2N2O2. The van der Waals surface area contributed by atoms with Crippen molar-refractivity contribution in [3.8, 4) is 5.75 Å². The molecular weight excluding hydrogens is 359 g/mol. The number of nitrogens with one attached hydrogen (secondary N) is 1. The third-order valence-electron chi connectivity index (χ3n) is 3.54. The standard InChI is InChI=1S/C19H23ClN2O2.ClH/c1-14(21)9-10-22-19(23)12-15-5-4-7-17(11-15)24-13-16-6-2-3-8-18(16)20;/h2-8,11,14H,9-10,12-13,21H2,1H3,(H,22,23);1H. The molecule has 3 N–H and O–H groups in total. The molecule has 0 aliphatic carbocycles. The number of halogens is 2. The second-order valence-electron chi connectivity index (χ2n) is 5.82. The number of ether oxygens (including phenoxy) is 1. The van der Waals surface area contributed by atoms with E-state index in [1.54, 1.807) is 0 Å². The molecule has 0 saturated carbocycles. The van der Waals surface area contributed by atoms with E-state index < -0.39 is 0 Å². The van der Waals surface area contributed by atoms with Gasteiger partial charge in [0, 0.05) is 23.2 Å². The van der Waals surface area contributed by atoms with E-state index in [1.807, 2.05) is 55.5 Å². The summed E-state index contributed by atoms with van der Waals surface area (Å²) < 4.78 is 5.78. The molecule has 0 fully saturated rings. The Morgan fingerprint density at radius 2 is 2.00 bits per heavy atom. The second kappa shape index (κ2) is 11.0. The minimum atomic E-state index is -0.0149. The smallest absolute Gasteiger partial charge is 0.224 e. The Bertz CT molecular complexity index is 678. The molecule has 25 heavy (non-hydrogen) atoms. The average Bonchev–Trinajstić information content (AvgIpc) is 2.54. The Balaban J connectivity index is 0.00000312. The molecule has 6 heteroatoms. The van der Waals surface area contributed by atoms with Gasteiger partial charge in [-0.2, -0.15) is 0 Å². The zero-order valence-electron chi connectivity index (χ0n) is 14.2. The first kappa shape index (κ1) is 21.3. The molecule has 4 nitrogen and oxygen atoms in total. The van der Waals surface area contributed by atoms with Gasteiger partial charge in [0.15, 0.2) is 0 Å². The minimum Gasteiger partial charge on any atom is -0.489 e. The molecule has 2 aromatic rings. The van der Waals surface area contributed by atoms with Crippen LogP contribution in [0, 0.1) is 0 Å². The highest BCUT2D eigenvalue weighted by Crippen LogP contribution is 2.19. The Morgan fingerprint density at radius 1 is 1.24 bits per heavy atom. The lowest BCUT2D eigenvalue weighted by atomic mass is 10.1. The van der Waals surface area contributed by atoms with Gasteiger partial charge in [-0.15, -0.1) is 12.4 Å². The summed E-state index contributed by atoms with van der Waals surface area (Å²) in [6.07, 6.45) is 1.09. The van der Waals surface area contributed by atoms with Crippen molar-refractivity contribution in [1.82, 2.24) is 5.32 Å². The minimum absolute atomic E-state index is 0. The molecule has 0 aliphatic heterocycles. The highest BCUT2D eigenvalue weighted by molar-refractivity contribution is 6.31. The number of nitrogens with two attached hydrogens (primary N) is 1. The number of hydrogen-bond acceptors (Lipinski definition) is 3. The molecule has 1 unspecified atom stereocenters. The maximum Gasteiger partial charge on any atom is 0.224 e. The Hall–Kier alpha value is -1.75. The van der Waals surface area contributed by atoms with E-state index >= 15 is 0 Å². The van der Waals surface area contributed by atoms with E-state index in [2.05, 4.69) is 5.32 Å². The number of carbonyl (C=O) groups excluding carboxylic acids is 1. The van der Waals surface area contributed by atoms with Crippen LogP contribution < -0.4 is 15.8 Å². The van der Waals surface area contributed by atoms with Crippen molar-refractivity contribution in [2.75, 3.05) is 6.54 Å². The van der Waals surface area contributed by atoms with Gasteiger partial charge >= 0.3 is 0 Å². The van der Waals surface area contributed by atoms with E-state index in [0.29, 0.717) is 24.6 Å². The predicted molar refractivity (Wildman–Crippen MR) is 104 cm³/mol. The van der Waals surface area contributed by atoms with Crippen molar-refractivity contribution in [1.29, 1.82) is 0 Å². The number of benzene rings is 2. The lowest BCUT2D eigenvalue weighted by molar-refractivity contribution is -0.120. The molecule has 0 saturated heterocycles. The van der Waals surface area contributed by atoms with E-state index in [-0.39, 0.29) is 24.4 Å². The molecule has 0 aliphatic rings. The number of hydrogen-bond donors (Lipinski definition) is 2. The maximum absolute atomic E-state index is 11.9.